The Balaban J connectivity index is 1.75. The smallest absolute Gasteiger partial charge is 0.329 e. The molecule has 1 fully saturated rings. The van der Waals surface area contributed by atoms with Gasteiger partial charge in [-0.1, -0.05) is 0 Å². The van der Waals surface area contributed by atoms with Crippen LogP contribution in [0.5, 0.6) is 0 Å². The van der Waals surface area contributed by atoms with E-state index in [4.69, 9.17) is 9.47 Å². The third-order valence-electron chi connectivity index (χ3n) is 4.81. The summed E-state index contributed by atoms with van der Waals surface area (Å²) in [6, 6.07) is 4.91. The van der Waals surface area contributed by atoms with Crippen LogP contribution in [0.25, 0.3) is 0 Å². The maximum absolute atomic E-state index is 12.5. The zero-order valence-electron chi connectivity index (χ0n) is 17.3. The Morgan fingerprint density at radius 1 is 1.16 bits per heavy atom. The molecule has 0 unspecified atom stereocenters. The Morgan fingerprint density at radius 3 is 2.53 bits per heavy atom. The molecule has 1 aromatic carbocycles. The number of nitrogens with one attached hydrogen (secondary N) is 1. The van der Waals surface area contributed by atoms with Crippen molar-refractivity contribution >= 4 is 52.0 Å². The van der Waals surface area contributed by atoms with Crippen molar-refractivity contribution < 1.29 is 33.6 Å². The minimum atomic E-state index is -0.736. The standard InChI is InChI=1S/C20H24IN3O8/c21-13-32-19(27)5-1-4-17(25)22-11-18(26)23-10-2-3-16(23)20(28)31-12-14-6-8-15(9-7-14)24(29)30/h6-9,16H,1-5,10-13H2,(H,22,25)/t16-/m0/s1. The highest BCUT2D eigenvalue weighted by Gasteiger charge is 2.35. The molecule has 1 saturated heterocycles. The van der Waals surface area contributed by atoms with Gasteiger partial charge >= 0.3 is 11.9 Å². The predicted octanol–water partition coefficient (Wildman–Crippen LogP) is 1.85. The van der Waals surface area contributed by atoms with Gasteiger partial charge in [-0.15, -0.1) is 0 Å². The number of ether oxygens (including phenoxy) is 2. The minimum Gasteiger partial charge on any atom is -0.459 e. The van der Waals surface area contributed by atoms with E-state index >= 15 is 0 Å². The second-order valence-corrected chi connectivity index (χ2v) is 7.65. The normalized spacial score (nSPS) is 15.2. The van der Waals surface area contributed by atoms with Gasteiger partial charge in [0.05, 0.1) is 11.5 Å². The highest BCUT2D eigenvalue weighted by Crippen LogP contribution is 2.20. The van der Waals surface area contributed by atoms with Crippen LogP contribution < -0.4 is 5.32 Å². The average molecular weight is 561 g/mol. The maximum Gasteiger partial charge on any atom is 0.329 e. The molecule has 1 aliphatic rings. The first-order valence-electron chi connectivity index (χ1n) is 9.99. The Hall–Kier alpha value is -2.77. The molecule has 0 saturated carbocycles. The molecule has 0 spiro atoms. The highest BCUT2D eigenvalue weighted by atomic mass is 127. The molecule has 1 aliphatic heterocycles. The number of rotatable bonds is 11. The summed E-state index contributed by atoms with van der Waals surface area (Å²) in [4.78, 5) is 59.6. The van der Waals surface area contributed by atoms with Gasteiger partial charge in [0.25, 0.3) is 5.69 Å². The van der Waals surface area contributed by atoms with Crippen molar-refractivity contribution in [1.29, 1.82) is 0 Å². The number of hydrogen-bond acceptors (Lipinski definition) is 8. The van der Waals surface area contributed by atoms with Crippen LogP contribution in [-0.2, 0) is 35.3 Å². The summed E-state index contributed by atoms with van der Waals surface area (Å²) in [5.41, 5.74) is 0.532. The van der Waals surface area contributed by atoms with Gasteiger partial charge in [0, 0.05) is 31.5 Å². The number of alkyl halides is 1. The van der Waals surface area contributed by atoms with Crippen molar-refractivity contribution in [3.8, 4) is 0 Å². The number of hydrogen-bond donors (Lipinski definition) is 1. The molecular weight excluding hydrogens is 537 g/mol. The Kier molecular flexibility index (Phi) is 10.3. The summed E-state index contributed by atoms with van der Waals surface area (Å²) in [5, 5.41) is 13.2. The molecule has 1 atom stereocenters. The number of non-ortho nitro benzene ring substituents is 1. The number of esters is 2. The molecular formula is C20H24IN3O8. The fraction of sp³-hybridized carbons (Fsp3) is 0.500. The van der Waals surface area contributed by atoms with Crippen LogP contribution in [0.15, 0.2) is 24.3 Å². The van der Waals surface area contributed by atoms with Crippen molar-refractivity contribution in [1.82, 2.24) is 10.2 Å². The number of likely N-dealkylation sites (tertiary alicyclic amines) is 1. The zero-order valence-corrected chi connectivity index (χ0v) is 19.4. The van der Waals surface area contributed by atoms with Crippen LogP contribution in [0.3, 0.4) is 0 Å². The number of nitro groups is 1. The average Bonchev–Trinajstić information content (AvgIpc) is 3.26. The van der Waals surface area contributed by atoms with Crippen molar-refractivity contribution in [2.24, 2.45) is 0 Å². The molecule has 1 N–H and O–H groups in total. The Bertz CT molecular complexity index is 846. The van der Waals surface area contributed by atoms with Gasteiger partial charge in [-0.05, 0) is 59.5 Å². The number of halogens is 1. The number of benzene rings is 1. The number of nitrogens with zero attached hydrogens (tertiary/aromatic N) is 2. The van der Waals surface area contributed by atoms with Gasteiger partial charge in [-0.2, -0.15) is 0 Å². The van der Waals surface area contributed by atoms with E-state index in [1.54, 1.807) is 0 Å². The van der Waals surface area contributed by atoms with Gasteiger partial charge in [0.1, 0.15) is 17.3 Å². The monoisotopic (exact) mass is 561 g/mol. The van der Waals surface area contributed by atoms with Crippen LogP contribution >= 0.6 is 22.6 Å². The molecule has 32 heavy (non-hydrogen) atoms. The van der Waals surface area contributed by atoms with E-state index in [1.807, 2.05) is 22.6 Å². The molecule has 0 radical (unpaired) electrons. The van der Waals surface area contributed by atoms with Crippen LogP contribution in [0.1, 0.15) is 37.7 Å². The summed E-state index contributed by atoms with van der Waals surface area (Å²) in [6.45, 7) is 0.0728. The summed E-state index contributed by atoms with van der Waals surface area (Å²) >= 11 is 1.90. The van der Waals surface area contributed by atoms with Gasteiger partial charge in [0.2, 0.25) is 11.8 Å². The molecule has 12 heteroatoms. The molecule has 1 aromatic rings. The minimum absolute atomic E-state index is 0.0599. The quantitative estimate of drug-likeness (QED) is 0.142. The SMILES string of the molecule is O=C(CCCC(=O)OCI)NCC(=O)N1CCC[C@H]1C(=O)OCc1ccc([N+](=O)[O-])cc1. The first-order valence-corrected chi connectivity index (χ1v) is 11.5. The van der Waals surface area contributed by atoms with Gasteiger partial charge in [-0.25, -0.2) is 4.79 Å². The van der Waals surface area contributed by atoms with E-state index in [0.29, 0.717) is 31.4 Å². The molecule has 11 nitrogen and oxygen atoms in total. The van der Waals surface area contributed by atoms with E-state index in [-0.39, 0.29) is 48.2 Å². The summed E-state index contributed by atoms with van der Waals surface area (Å²) < 4.78 is 10.3. The molecule has 0 bridgehead atoms. The van der Waals surface area contributed by atoms with Crippen molar-refractivity contribution in [2.45, 2.75) is 44.8 Å². The van der Waals surface area contributed by atoms with E-state index < -0.39 is 22.8 Å². The molecule has 2 rings (SSSR count). The third-order valence-corrected chi connectivity index (χ3v) is 5.12. The van der Waals surface area contributed by atoms with Gasteiger partial charge in [-0.3, -0.25) is 24.5 Å². The molecule has 1 heterocycles. The first-order chi connectivity index (χ1) is 15.3. The van der Waals surface area contributed by atoms with Gasteiger partial charge in [0.15, 0.2) is 0 Å². The molecule has 0 aromatic heterocycles. The molecule has 0 aliphatic carbocycles. The number of carbonyl (C=O) groups is 4. The fourth-order valence-corrected chi connectivity index (χ4v) is 3.51. The highest BCUT2D eigenvalue weighted by molar-refractivity contribution is 14.1. The van der Waals surface area contributed by atoms with Crippen LogP contribution in [0.2, 0.25) is 0 Å². The second-order valence-electron chi connectivity index (χ2n) is 7.03. The largest absolute Gasteiger partial charge is 0.459 e. The maximum atomic E-state index is 12.5. The number of nitro benzene ring substituents is 1. The zero-order chi connectivity index (χ0) is 23.5. The van der Waals surface area contributed by atoms with Crippen molar-refractivity contribution in [2.75, 3.05) is 17.7 Å². The second kappa shape index (κ2) is 12.9. The van der Waals surface area contributed by atoms with Crippen molar-refractivity contribution in [3.63, 3.8) is 0 Å². The summed E-state index contributed by atoms with van der Waals surface area (Å²) in [7, 11) is 0. The van der Waals surface area contributed by atoms with Crippen molar-refractivity contribution in [3.05, 3.63) is 39.9 Å². The Labute approximate surface area is 198 Å². The van der Waals surface area contributed by atoms with Crippen LogP contribution in [0, 0.1) is 10.1 Å². The third kappa shape index (κ3) is 8.05. The predicted molar refractivity (Wildman–Crippen MR) is 119 cm³/mol. The van der Waals surface area contributed by atoms with E-state index in [2.05, 4.69) is 5.32 Å². The lowest BCUT2D eigenvalue weighted by molar-refractivity contribution is -0.384. The first kappa shape index (κ1) is 25.5. The van der Waals surface area contributed by atoms with E-state index in [0.717, 1.165) is 0 Å². The lowest BCUT2D eigenvalue weighted by atomic mass is 10.2. The van der Waals surface area contributed by atoms with E-state index in [1.165, 1.54) is 29.2 Å². The molecule has 2 amide bonds. The van der Waals surface area contributed by atoms with Gasteiger partial charge < -0.3 is 19.7 Å². The summed E-state index contributed by atoms with van der Waals surface area (Å²) in [6.07, 6.45) is 1.62. The van der Waals surface area contributed by atoms with Crippen LogP contribution in [0.4, 0.5) is 5.69 Å². The van der Waals surface area contributed by atoms with E-state index in [9.17, 15) is 29.3 Å². The lowest BCUT2D eigenvalue weighted by Crippen LogP contribution is -2.46. The van der Waals surface area contributed by atoms with Crippen LogP contribution in [-0.4, -0.2) is 57.3 Å². The number of carbonyl (C=O) groups excluding carboxylic acids is 4. The lowest BCUT2D eigenvalue weighted by Gasteiger charge is -2.23. The topological polar surface area (TPSA) is 145 Å². The Morgan fingerprint density at radius 2 is 1.88 bits per heavy atom. The number of amides is 2. The summed E-state index contributed by atoms with van der Waals surface area (Å²) in [5.74, 6) is -1.70. The fourth-order valence-electron chi connectivity index (χ4n) is 3.17. The molecule has 174 valence electrons.